The first-order chi connectivity index (χ1) is 18.3. The second-order valence-corrected chi connectivity index (χ2v) is 11.3. The number of halogens is 3. The fraction of sp³-hybridized carbons (Fsp3) is 0.231. The summed E-state index contributed by atoms with van der Waals surface area (Å²) >= 11 is 10.9. The fourth-order valence-electron chi connectivity index (χ4n) is 4.60. The minimum absolute atomic E-state index is 0.0153. The highest BCUT2D eigenvalue weighted by molar-refractivity contribution is 9.10. The number of aromatic nitrogens is 5. The van der Waals surface area contributed by atoms with Crippen LogP contribution in [0.2, 0.25) is 5.02 Å². The molecule has 12 heteroatoms. The van der Waals surface area contributed by atoms with Gasteiger partial charge in [-0.3, -0.25) is 9.20 Å². The summed E-state index contributed by atoms with van der Waals surface area (Å²) in [5.74, 6) is -0.313. The van der Waals surface area contributed by atoms with E-state index in [4.69, 9.17) is 11.6 Å². The van der Waals surface area contributed by atoms with Gasteiger partial charge in [0.25, 0.3) is 0 Å². The van der Waals surface area contributed by atoms with Crippen LogP contribution < -0.4 is 0 Å². The number of thiazole rings is 1. The zero-order chi connectivity index (χ0) is 26.4. The molecule has 0 unspecified atom stereocenters. The Balaban J connectivity index is 1.12. The molecular weight excluding hydrogens is 595 g/mol. The number of carbonyl (C=O) groups excluding carboxylic acids is 1. The van der Waals surface area contributed by atoms with E-state index in [0.29, 0.717) is 36.6 Å². The molecule has 38 heavy (non-hydrogen) atoms. The summed E-state index contributed by atoms with van der Waals surface area (Å²) in [6.45, 7) is 0.819. The predicted octanol–water partition coefficient (Wildman–Crippen LogP) is 5.25. The van der Waals surface area contributed by atoms with Crippen molar-refractivity contribution in [3.63, 3.8) is 0 Å². The maximum absolute atomic E-state index is 13.3. The number of benzene rings is 2. The van der Waals surface area contributed by atoms with E-state index < -0.39 is 5.60 Å². The second kappa shape index (κ2) is 9.88. The van der Waals surface area contributed by atoms with Gasteiger partial charge in [-0.05, 0) is 71.2 Å². The second-order valence-electron chi connectivity index (χ2n) is 9.25. The number of aliphatic hydroxyl groups is 1. The molecular formula is C26H21BrClFN6O2S. The van der Waals surface area contributed by atoms with Gasteiger partial charge in [0.1, 0.15) is 17.1 Å². The lowest BCUT2D eigenvalue weighted by atomic mass is 9.88. The Labute approximate surface area is 234 Å². The van der Waals surface area contributed by atoms with E-state index in [1.807, 2.05) is 28.1 Å². The van der Waals surface area contributed by atoms with Gasteiger partial charge < -0.3 is 10.0 Å². The standard InChI is InChI=1S/C26H21BrClFN6O2S/c27-20-11-18(5-6-21(20)28)35-14-23(31-32-35)26(37)7-9-33(10-8-26)24(36)12-19-15-38-25-30-22(13-34(19)25)16-1-3-17(29)4-2-16/h1-6,11,13-15,37H,7-10,12H2. The Bertz CT molecular complexity index is 1640. The molecule has 3 aromatic heterocycles. The number of rotatable bonds is 5. The summed E-state index contributed by atoms with van der Waals surface area (Å²) in [5.41, 5.74) is 2.46. The smallest absolute Gasteiger partial charge is 0.228 e. The number of carbonyl (C=O) groups is 1. The van der Waals surface area contributed by atoms with Crippen molar-refractivity contribution < 1.29 is 14.3 Å². The Morgan fingerprint density at radius 2 is 1.92 bits per heavy atom. The average molecular weight is 616 g/mol. The molecule has 1 aliphatic rings. The Kier molecular flexibility index (Phi) is 6.55. The van der Waals surface area contributed by atoms with E-state index in [9.17, 15) is 14.3 Å². The minimum Gasteiger partial charge on any atom is -0.383 e. The normalized spacial score (nSPS) is 15.3. The molecule has 0 aliphatic carbocycles. The van der Waals surface area contributed by atoms with Crippen LogP contribution in [0.15, 0.2) is 64.7 Å². The summed E-state index contributed by atoms with van der Waals surface area (Å²) in [6, 6.07) is 11.6. The molecule has 0 spiro atoms. The van der Waals surface area contributed by atoms with Crippen molar-refractivity contribution in [3.8, 4) is 16.9 Å². The number of imidazole rings is 1. The lowest BCUT2D eigenvalue weighted by molar-refractivity contribution is -0.135. The van der Waals surface area contributed by atoms with Crippen LogP contribution >= 0.6 is 38.9 Å². The molecule has 1 fully saturated rings. The molecule has 0 saturated carbocycles. The summed E-state index contributed by atoms with van der Waals surface area (Å²) in [4.78, 5) is 20.3. The van der Waals surface area contributed by atoms with Gasteiger partial charge in [-0.2, -0.15) is 0 Å². The topological polar surface area (TPSA) is 88.5 Å². The highest BCUT2D eigenvalue weighted by atomic mass is 79.9. The molecule has 0 bridgehead atoms. The molecule has 8 nitrogen and oxygen atoms in total. The van der Waals surface area contributed by atoms with E-state index >= 15 is 0 Å². The van der Waals surface area contributed by atoms with Crippen LogP contribution in [0.5, 0.6) is 0 Å². The lowest BCUT2D eigenvalue weighted by Gasteiger charge is -2.37. The molecule has 1 saturated heterocycles. The van der Waals surface area contributed by atoms with Crippen molar-refractivity contribution in [2.24, 2.45) is 0 Å². The van der Waals surface area contributed by atoms with E-state index in [-0.39, 0.29) is 18.1 Å². The third-order valence-corrected chi connectivity index (χ3v) is 8.94. The molecule has 0 atom stereocenters. The number of hydrogen-bond acceptors (Lipinski definition) is 6. The van der Waals surface area contributed by atoms with Crippen LogP contribution in [0.1, 0.15) is 24.2 Å². The fourth-order valence-corrected chi connectivity index (χ4v) is 5.95. The largest absolute Gasteiger partial charge is 0.383 e. The maximum Gasteiger partial charge on any atom is 0.228 e. The van der Waals surface area contributed by atoms with Crippen molar-refractivity contribution in [1.82, 2.24) is 29.3 Å². The van der Waals surface area contributed by atoms with Gasteiger partial charge in [0.2, 0.25) is 5.91 Å². The van der Waals surface area contributed by atoms with E-state index in [1.165, 1.54) is 23.5 Å². The highest BCUT2D eigenvalue weighted by Crippen LogP contribution is 2.33. The van der Waals surface area contributed by atoms with Gasteiger partial charge in [0, 0.05) is 40.4 Å². The molecule has 6 rings (SSSR count). The predicted molar refractivity (Wildman–Crippen MR) is 146 cm³/mol. The van der Waals surface area contributed by atoms with E-state index in [1.54, 1.807) is 34.0 Å². The molecule has 4 heterocycles. The Morgan fingerprint density at radius 3 is 2.66 bits per heavy atom. The summed E-state index contributed by atoms with van der Waals surface area (Å²) < 4.78 is 17.5. The van der Waals surface area contributed by atoms with Crippen molar-refractivity contribution in [2.45, 2.75) is 24.9 Å². The molecule has 5 aromatic rings. The van der Waals surface area contributed by atoms with Gasteiger partial charge in [-0.1, -0.05) is 16.8 Å². The monoisotopic (exact) mass is 614 g/mol. The minimum atomic E-state index is -1.16. The number of nitrogens with zero attached hydrogens (tertiary/aromatic N) is 6. The maximum atomic E-state index is 13.3. The molecule has 1 aliphatic heterocycles. The third kappa shape index (κ3) is 4.75. The number of hydrogen-bond donors (Lipinski definition) is 1. The SMILES string of the molecule is O=C(Cc1csc2nc(-c3ccc(F)cc3)cn12)N1CCC(O)(c2cn(-c3ccc(Cl)c(Br)c3)nn2)CC1. The van der Waals surface area contributed by atoms with Crippen molar-refractivity contribution in [2.75, 3.05) is 13.1 Å². The molecule has 2 aromatic carbocycles. The van der Waals surface area contributed by atoms with E-state index in [2.05, 4.69) is 31.2 Å². The van der Waals surface area contributed by atoms with Gasteiger partial charge in [-0.25, -0.2) is 14.1 Å². The van der Waals surface area contributed by atoms with Crippen LogP contribution in [0.4, 0.5) is 4.39 Å². The van der Waals surface area contributed by atoms with Crippen LogP contribution in [-0.4, -0.2) is 53.4 Å². The van der Waals surface area contributed by atoms with Crippen molar-refractivity contribution in [1.29, 1.82) is 0 Å². The number of piperidine rings is 1. The van der Waals surface area contributed by atoms with E-state index in [0.717, 1.165) is 32.1 Å². The van der Waals surface area contributed by atoms with Gasteiger partial charge in [-0.15, -0.1) is 16.4 Å². The van der Waals surface area contributed by atoms with Gasteiger partial charge in [0.05, 0.1) is 29.0 Å². The summed E-state index contributed by atoms with van der Waals surface area (Å²) in [7, 11) is 0. The lowest BCUT2D eigenvalue weighted by Crippen LogP contribution is -2.46. The molecule has 0 radical (unpaired) electrons. The van der Waals surface area contributed by atoms with Crippen LogP contribution in [0.25, 0.3) is 21.9 Å². The zero-order valence-corrected chi connectivity index (χ0v) is 23.0. The zero-order valence-electron chi connectivity index (χ0n) is 19.9. The molecule has 1 N–H and O–H groups in total. The Morgan fingerprint density at radius 1 is 1.16 bits per heavy atom. The summed E-state index contributed by atoms with van der Waals surface area (Å²) in [6.07, 6.45) is 4.53. The van der Waals surface area contributed by atoms with Gasteiger partial charge >= 0.3 is 0 Å². The number of fused-ring (bicyclic) bond motifs is 1. The van der Waals surface area contributed by atoms with Crippen molar-refractivity contribution >= 4 is 49.7 Å². The van der Waals surface area contributed by atoms with Crippen molar-refractivity contribution in [3.05, 3.63) is 86.9 Å². The van der Waals surface area contributed by atoms with Crippen LogP contribution in [0.3, 0.4) is 0 Å². The first kappa shape index (κ1) is 25.2. The first-order valence-corrected chi connectivity index (χ1v) is 13.9. The quantitative estimate of drug-likeness (QED) is 0.292. The highest BCUT2D eigenvalue weighted by Gasteiger charge is 2.38. The number of amides is 1. The third-order valence-electron chi connectivity index (χ3n) is 6.84. The average Bonchev–Trinajstić information content (AvgIpc) is 3.64. The molecule has 1 amide bonds. The summed E-state index contributed by atoms with van der Waals surface area (Å²) in [5, 5.41) is 22.2. The Hall–Kier alpha value is -3.12. The van der Waals surface area contributed by atoms with Gasteiger partial charge in [0.15, 0.2) is 4.96 Å². The molecule has 194 valence electrons. The first-order valence-electron chi connectivity index (χ1n) is 11.9. The number of likely N-dealkylation sites (tertiary alicyclic amines) is 1. The van der Waals surface area contributed by atoms with Crippen LogP contribution in [-0.2, 0) is 16.8 Å². The van der Waals surface area contributed by atoms with Crippen LogP contribution in [0, 0.1) is 5.82 Å².